The topological polar surface area (TPSA) is 97.8 Å². The summed E-state index contributed by atoms with van der Waals surface area (Å²) in [5.74, 6) is 1.05. The molecule has 9 heteroatoms. The molecule has 0 saturated carbocycles. The van der Waals surface area contributed by atoms with Gasteiger partial charge in [0.25, 0.3) is 11.7 Å². The van der Waals surface area contributed by atoms with Crippen molar-refractivity contribution < 1.29 is 33.6 Å². The van der Waals surface area contributed by atoms with E-state index < -0.39 is 17.7 Å². The van der Waals surface area contributed by atoms with E-state index in [-0.39, 0.29) is 11.3 Å². The Kier molecular flexibility index (Phi) is 9.58. The molecule has 0 aliphatic carbocycles. The quantitative estimate of drug-likeness (QED) is 0.231. The summed E-state index contributed by atoms with van der Waals surface area (Å²) in [5, 5.41) is 11.5. The fraction of sp³-hybridized carbons (Fsp3) is 0.484. The number of aliphatic hydroxyl groups excluding tert-OH is 1. The van der Waals surface area contributed by atoms with E-state index in [4.69, 9.17) is 18.9 Å². The van der Waals surface area contributed by atoms with Crippen LogP contribution in [0.25, 0.3) is 5.76 Å². The molecule has 0 radical (unpaired) electrons. The van der Waals surface area contributed by atoms with Gasteiger partial charge in [0.15, 0.2) is 23.0 Å². The molecular weight excluding hydrogens is 512 g/mol. The molecule has 40 heavy (non-hydrogen) atoms. The summed E-state index contributed by atoms with van der Waals surface area (Å²) in [6.07, 6.45) is 1.56. The average molecular weight is 553 g/mol. The first-order valence-electron chi connectivity index (χ1n) is 13.9. The van der Waals surface area contributed by atoms with Gasteiger partial charge in [-0.2, -0.15) is 0 Å². The minimum absolute atomic E-state index is 0.0301. The number of Topliss-reactive ketones (excluding diaryl/α,β-unsaturated/α-hetero) is 1. The summed E-state index contributed by atoms with van der Waals surface area (Å²) in [7, 11) is 3.92. The molecule has 2 aromatic carbocycles. The van der Waals surface area contributed by atoms with E-state index in [1.165, 1.54) is 0 Å². The van der Waals surface area contributed by atoms with E-state index in [1.807, 2.05) is 38.1 Å². The van der Waals surface area contributed by atoms with Crippen molar-refractivity contribution in [1.82, 2.24) is 9.80 Å². The first-order chi connectivity index (χ1) is 19.2. The zero-order valence-corrected chi connectivity index (χ0v) is 24.1. The van der Waals surface area contributed by atoms with Crippen molar-refractivity contribution in [2.75, 3.05) is 53.6 Å². The molecule has 2 aromatic rings. The normalized spacial score (nSPS) is 18.1. The summed E-state index contributed by atoms with van der Waals surface area (Å²) in [4.78, 5) is 30.4. The molecule has 1 saturated heterocycles. The van der Waals surface area contributed by atoms with E-state index in [1.54, 1.807) is 29.2 Å². The van der Waals surface area contributed by atoms with Crippen LogP contribution >= 0.6 is 0 Å². The summed E-state index contributed by atoms with van der Waals surface area (Å²) in [5.41, 5.74) is 1.06. The number of carbonyl (C=O) groups excluding carboxylic acids is 2. The molecule has 4 rings (SSSR count). The van der Waals surface area contributed by atoms with E-state index in [9.17, 15) is 14.7 Å². The fourth-order valence-corrected chi connectivity index (χ4v) is 4.85. The molecular formula is C31H40N2O7. The third-order valence-electron chi connectivity index (χ3n) is 6.90. The maximum absolute atomic E-state index is 13.5. The molecule has 0 unspecified atom stereocenters. The zero-order chi connectivity index (χ0) is 28.8. The Bertz CT molecular complexity index is 1250. The minimum Gasteiger partial charge on any atom is -0.507 e. The first-order valence-corrected chi connectivity index (χ1v) is 13.9. The monoisotopic (exact) mass is 552 g/mol. The number of benzene rings is 2. The van der Waals surface area contributed by atoms with E-state index >= 15 is 0 Å². The average Bonchev–Trinajstić information content (AvgIpc) is 3.18. The summed E-state index contributed by atoms with van der Waals surface area (Å²) < 4.78 is 23.2. The van der Waals surface area contributed by atoms with Crippen LogP contribution in [0, 0.1) is 5.92 Å². The second kappa shape index (κ2) is 13.1. The van der Waals surface area contributed by atoms with Gasteiger partial charge in [0, 0.05) is 12.1 Å². The number of hydrogen-bond acceptors (Lipinski definition) is 8. The van der Waals surface area contributed by atoms with Crippen molar-refractivity contribution >= 4 is 17.4 Å². The van der Waals surface area contributed by atoms with Crippen LogP contribution in [-0.4, -0.2) is 80.2 Å². The number of ketones is 1. The first kappa shape index (κ1) is 29.3. The summed E-state index contributed by atoms with van der Waals surface area (Å²) in [6, 6.07) is 9.65. The lowest BCUT2D eigenvalue weighted by atomic mass is 9.94. The Labute approximate surface area is 236 Å². The number of rotatable bonds is 12. The lowest BCUT2D eigenvalue weighted by molar-refractivity contribution is -0.139. The number of aliphatic hydroxyl groups is 1. The van der Waals surface area contributed by atoms with E-state index in [2.05, 4.69) is 13.8 Å². The molecule has 1 atom stereocenters. The molecule has 2 aliphatic heterocycles. The van der Waals surface area contributed by atoms with Gasteiger partial charge in [0.2, 0.25) is 0 Å². The molecule has 1 amide bonds. The SMILES string of the molecule is CCOc1cc([C@@H]2C(=C(O)c3ccc4c(c3)OCCO4)C(=O)C(=O)N2CCCN(C)C)ccc1OCCC(C)C. The number of nitrogens with zero attached hydrogens (tertiary/aromatic N) is 2. The smallest absolute Gasteiger partial charge is 0.295 e. The summed E-state index contributed by atoms with van der Waals surface area (Å²) >= 11 is 0. The lowest BCUT2D eigenvalue weighted by Crippen LogP contribution is -2.32. The van der Waals surface area contributed by atoms with Gasteiger partial charge in [-0.15, -0.1) is 0 Å². The van der Waals surface area contributed by atoms with E-state index in [0.29, 0.717) is 79.4 Å². The van der Waals surface area contributed by atoms with Crippen molar-refractivity contribution in [1.29, 1.82) is 0 Å². The predicted molar refractivity (Wildman–Crippen MR) is 152 cm³/mol. The van der Waals surface area contributed by atoms with Gasteiger partial charge < -0.3 is 33.9 Å². The largest absolute Gasteiger partial charge is 0.507 e. The van der Waals surface area contributed by atoms with Gasteiger partial charge in [-0.1, -0.05) is 19.9 Å². The second-order valence-corrected chi connectivity index (χ2v) is 10.7. The number of likely N-dealkylation sites (tertiary alicyclic amines) is 1. The van der Waals surface area contributed by atoms with Gasteiger partial charge in [-0.25, -0.2) is 0 Å². The molecule has 0 bridgehead atoms. The van der Waals surface area contributed by atoms with Crippen molar-refractivity contribution in [3.63, 3.8) is 0 Å². The lowest BCUT2D eigenvalue weighted by Gasteiger charge is -2.27. The third kappa shape index (κ3) is 6.53. The van der Waals surface area contributed by atoms with Gasteiger partial charge in [-0.05, 0) is 82.2 Å². The molecule has 0 spiro atoms. The van der Waals surface area contributed by atoms with Crippen molar-refractivity contribution in [3.05, 3.63) is 53.1 Å². The Morgan fingerprint density at radius 1 is 1.05 bits per heavy atom. The second-order valence-electron chi connectivity index (χ2n) is 10.7. The Hall–Kier alpha value is -3.72. The number of hydrogen-bond donors (Lipinski definition) is 1. The maximum Gasteiger partial charge on any atom is 0.295 e. The Morgan fingerprint density at radius 3 is 2.50 bits per heavy atom. The van der Waals surface area contributed by atoms with Crippen LogP contribution in [0.2, 0.25) is 0 Å². The molecule has 1 fully saturated rings. The number of ether oxygens (including phenoxy) is 4. The maximum atomic E-state index is 13.5. The van der Waals surface area contributed by atoms with Crippen molar-refractivity contribution in [2.24, 2.45) is 5.92 Å². The van der Waals surface area contributed by atoms with Crippen LogP contribution in [0.5, 0.6) is 23.0 Å². The highest BCUT2D eigenvalue weighted by Crippen LogP contribution is 2.43. The predicted octanol–water partition coefficient (Wildman–Crippen LogP) is 4.65. The van der Waals surface area contributed by atoms with Crippen LogP contribution in [0.4, 0.5) is 0 Å². The Morgan fingerprint density at radius 2 is 1.80 bits per heavy atom. The van der Waals surface area contributed by atoms with Gasteiger partial charge >= 0.3 is 0 Å². The van der Waals surface area contributed by atoms with Crippen LogP contribution in [0.1, 0.15) is 50.8 Å². The van der Waals surface area contributed by atoms with Crippen LogP contribution in [0.15, 0.2) is 42.0 Å². The van der Waals surface area contributed by atoms with Gasteiger partial charge in [0.1, 0.15) is 19.0 Å². The molecule has 2 aliphatic rings. The summed E-state index contributed by atoms with van der Waals surface area (Å²) in [6.45, 7) is 9.05. The minimum atomic E-state index is -0.792. The highest BCUT2D eigenvalue weighted by Gasteiger charge is 2.46. The Balaban J connectivity index is 1.77. The molecule has 9 nitrogen and oxygen atoms in total. The van der Waals surface area contributed by atoms with E-state index in [0.717, 1.165) is 13.0 Å². The molecule has 0 aromatic heterocycles. The highest BCUT2D eigenvalue weighted by molar-refractivity contribution is 6.46. The highest BCUT2D eigenvalue weighted by atomic mass is 16.6. The molecule has 216 valence electrons. The van der Waals surface area contributed by atoms with Crippen molar-refractivity contribution in [2.45, 2.75) is 39.7 Å². The van der Waals surface area contributed by atoms with Gasteiger partial charge in [-0.3, -0.25) is 9.59 Å². The number of fused-ring (bicyclic) bond motifs is 1. The van der Waals surface area contributed by atoms with Gasteiger partial charge in [0.05, 0.1) is 24.8 Å². The van der Waals surface area contributed by atoms with Crippen LogP contribution in [0.3, 0.4) is 0 Å². The van der Waals surface area contributed by atoms with Crippen LogP contribution < -0.4 is 18.9 Å². The van der Waals surface area contributed by atoms with Crippen LogP contribution in [-0.2, 0) is 9.59 Å². The number of carbonyl (C=O) groups is 2. The standard InChI is InChI=1S/C31H40N2O7/c1-6-37-25-18-21(8-10-23(25)38-15-12-20(2)3)28-27(30(35)31(36)33(28)14-7-13-32(4)5)29(34)22-9-11-24-26(19-22)40-17-16-39-24/h8-11,18-20,28,34H,6-7,12-17H2,1-5H3/t28-/m1/s1. The fourth-order valence-electron chi connectivity index (χ4n) is 4.85. The van der Waals surface area contributed by atoms with Crippen molar-refractivity contribution in [3.8, 4) is 23.0 Å². The third-order valence-corrected chi connectivity index (χ3v) is 6.90. The molecule has 2 heterocycles. The number of amides is 1. The molecule has 1 N–H and O–H groups in total. The zero-order valence-electron chi connectivity index (χ0n) is 24.1.